The molecule has 1 unspecified atom stereocenters. The molecule has 178 valence electrons. The highest BCUT2D eigenvalue weighted by Gasteiger charge is 2.40. The Bertz CT molecular complexity index is 1050. The third-order valence-electron chi connectivity index (χ3n) is 7.47. The molecule has 7 nitrogen and oxygen atoms in total. The van der Waals surface area contributed by atoms with E-state index in [1.54, 1.807) is 4.90 Å². The van der Waals surface area contributed by atoms with Gasteiger partial charge in [0.25, 0.3) is 0 Å². The third kappa shape index (κ3) is 4.39. The fraction of sp³-hybridized carbons (Fsp3) is 0.444. The molecule has 2 aromatic rings. The number of likely N-dealkylation sites (tertiary alicyclic amines) is 1. The van der Waals surface area contributed by atoms with Crippen molar-refractivity contribution in [2.24, 2.45) is 5.92 Å². The second-order valence-corrected chi connectivity index (χ2v) is 9.61. The standard InChI is InChI=1S/C27H30N2O5/c30-25(31)15-19-7-5-6-12-29(19)26(32)17-13-18(14-17)28-27(33)34-16-24-22-10-3-1-8-20(22)21-9-2-4-11-23(21)24/h1-4,8-11,17-19,24H,5-7,12-16H2,(H,28,33)(H,30,31). The smallest absolute Gasteiger partial charge is 0.407 e. The predicted molar refractivity (Wildman–Crippen MR) is 126 cm³/mol. The van der Waals surface area contributed by atoms with Crippen LogP contribution in [0.15, 0.2) is 48.5 Å². The zero-order valence-electron chi connectivity index (χ0n) is 19.1. The van der Waals surface area contributed by atoms with E-state index >= 15 is 0 Å². The highest BCUT2D eigenvalue weighted by molar-refractivity contribution is 5.82. The summed E-state index contributed by atoms with van der Waals surface area (Å²) in [6.45, 7) is 0.886. The first-order valence-electron chi connectivity index (χ1n) is 12.1. The number of piperidine rings is 1. The van der Waals surface area contributed by atoms with Gasteiger partial charge in [0.05, 0.1) is 6.42 Å². The van der Waals surface area contributed by atoms with Crippen LogP contribution in [-0.2, 0) is 14.3 Å². The molecule has 1 heterocycles. The SMILES string of the molecule is O=C(O)CC1CCCCN1C(=O)C1CC(NC(=O)OCC2c3ccccc3-c3ccccc32)C1. The van der Waals surface area contributed by atoms with Gasteiger partial charge in [0.1, 0.15) is 6.61 Å². The maximum atomic E-state index is 12.9. The van der Waals surface area contributed by atoms with E-state index in [4.69, 9.17) is 9.84 Å². The Morgan fingerprint density at radius 3 is 2.26 bits per heavy atom. The van der Waals surface area contributed by atoms with E-state index < -0.39 is 12.1 Å². The topological polar surface area (TPSA) is 95.9 Å². The summed E-state index contributed by atoms with van der Waals surface area (Å²) in [6, 6.07) is 16.1. The van der Waals surface area contributed by atoms with Crippen molar-refractivity contribution < 1.29 is 24.2 Å². The largest absolute Gasteiger partial charge is 0.481 e. The van der Waals surface area contributed by atoms with Gasteiger partial charge in [-0.2, -0.15) is 0 Å². The third-order valence-corrected chi connectivity index (χ3v) is 7.47. The van der Waals surface area contributed by atoms with E-state index in [1.807, 2.05) is 24.3 Å². The molecule has 7 heteroatoms. The van der Waals surface area contributed by atoms with Crippen molar-refractivity contribution in [1.29, 1.82) is 0 Å². The first kappa shape index (κ1) is 22.4. The second kappa shape index (κ2) is 9.49. The van der Waals surface area contributed by atoms with Gasteiger partial charge in [-0.3, -0.25) is 9.59 Å². The molecule has 0 bridgehead atoms. The van der Waals surface area contributed by atoms with E-state index in [2.05, 4.69) is 29.6 Å². The number of carbonyl (C=O) groups is 3. The number of carbonyl (C=O) groups excluding carboxylic acids is 2. The number of rotatable bonds is 6. The van der Waals surface area contributed by atoms with Crippen LogP contribution in [0.2, 0.25) is 0 Å². The van der Waals surface area contributed by atoms with Crippen LogP contribution >= 0.6 is 0 Å². The monoisotopic (exact) mass is 462 g/mol. The molecule has 2 aliphatic carbocycles. The summed E-state index contributed by atoms with van der Waals surface area (Å²) >= 11 is 0. The summed E-state index contributed by atoms with van der Waals surface area (Å²) < 4.78 is 5.61. The molecule has 1 saturated carbocycles. The zero-order valence-corrected chi connectivity index (χ0v) is 19.1. The van der Waals surface area contributed by atoms with Crippen LogP contribution in [0.25, 0.3) is 11.1 Å². The number of nitrogens with zero attached hydrogens (tertiary/aromatic N) is 1. The van der Waals surface area contributed by atoms with Gasteiger partial charge in [0.15, 0.2) is 0 Å². The number of carboxylic acids is 1. The molecule has 34 heavy (non-hydrogen) atoms. The first-order valence-corrected chi connectivity index (χ1v) is 12.1. The van der Waals surface area contributed by atoms with Gasteiger partial charge in [-0.25, -0.2) is 4.79 Å². The van der Waals surface area contributed by atoms with Gasteiger partial charge < -0.3 is 20.1 Å². The Balaban J connectivity index is 1.12. The fourth-order valence-electron chi connectivity index (χ4n) is 5.68. The van der Waals surface area contributed by atoms with Crippen LogP contribution in [0.3, 0.4) is 0 Å². The van der Waals surface area contributed by atoms with Crippen molar-refractivity contribution in [3.05, 3.63) is 59.7 Å². The summed E-state index contributed by atoms with van der Waals surface area (Å²) in [5.74, 6) is -0.989. The highest BCUT2D eigenvalue weighted by Crippen LogP contribution is 2.44. The van der Waals surface area contributed by atoms with Crippen molar-refractivity contribution in [3.8, 4) is 11.1 Å². The predicted octanol–water partition coefficient (Wildman–Crippen LogP) is 4.16. The summed E-state index contributed by atoms with van der Waals surface area (Å²) in [4.78, 5) is 38.3. The summed E-state index contributed by atoms with van der Waals surface area (Å²) in [6.07, 6.45) is 3.29. The number of carboxylic acid groups (broad SMARTS) is 1. The summed E-state index contributed by atoms with van der Waals surface area (Å²) in [7, 11) is 0. The van der Waals surface area contributed by atoms with Gasteiger partial charge in [-0.05, 0) is 54.4 Å². The average Bonchev–Trinajstić information content (AvgIpc) is 3.13. The van der Waals surface area contributed by atoms with Crippen LogP contribution in [0, 0.1) is 5.92 Å². The van der Waals surface area contributed by atoms with Crippen LogP contribution in [-0.4, -0.2) is 53.2 Å². The number of ether oxygens (including phenoxy) is 1. The molecule has 0 spiro atoms. The number of hydrogen-bond donors (Lipinski definition) is 2. The minimum atomic E-state index is -0.867. The lowest BCUT2D eigenvalue weighted by Gasteiger charge is -2.42. The number of amides is 2. The van der Waals surface area contributed by atoms with E-state index in [-0.39, 0.29) is 42.9 Å². The Labute approximate surface area is 199 Å². The van der Waals surface area contributed by atoms with Crippen LogP contribution < -0.4 is 5.32 Å². The molecule has 3 aliphatic rings. The molecule has 0 aromatic heterocycles. The normalized spacial score (nSPS) is 23.4. The van der Waals surface area contributed by atoms with Crippen LogP contribution in [0.4, 0.5) is 4.79 Å². The fourth-order valence-corrected chi connectivity index (χ4v) is 5.68. The second-order valence-electron chi connectivity index (χ2n) is 9.61. The van der Waals surface area contributed by atoms with Crippen molar-refractivity contribution in [2.45, 2.75) is 56.5 Å². The molecule has 1 aliphatic heterocycles. The molecule has 2 fully saturated rings. The Kier molecular flexibility index (Phi) is 6.26. The maximum absolute atomic E-state index is 12.9. The van der Waals surface area contributed by atoms with Crippen LogP contribution in [0.5, 0.6) is 0 Å². The van der Waals surface area contributed by atoms with E-state index in [1.165, 1.54) is 22.3 Å². The summed E-state index contributed by atoms with van der Waals surface area (Å²) in [5.41, 5.74) is 4.71. The average molecular weight is 463 g/mol. The minimum absolute atomic E-state index is 0.000111. The van der Waals surface area contributed by atoms with Crippen molar-refractivity contribution in [3.63, 3.8) is 0 Å². The molecule has 1 atom stereocenters. The number of alkyl carbamates (subject to hydrolysis) is 1. The molecule has 1 saturated heterocycles. The number of benzene rings is 2. The minimum Gasteiger partial charge on any atom is -0.481 e. The molecule has 2 aromatic carbocycles. The van der Waals surface area contributed by atoms with Crippen LogP contribution in [0.1, 0.15) is 55.6 Å². The molecular weight excluding hydrogens is 432 g/mol. The van der Waals surface area contributed by atoms with Crippen molar-refractivity contribution in [2.75, 3.05) is 13.2 Å². The maximum Gasteiger partial charge on any atom is 0.407 e. The highest BCUT2D eigenvalue weighted by atomic mass is 16.5. The van der Waals surface area contributed by atoms with Gasteiger partial charge in [0.2, 0.25) is 5.91 Å². The van der Waals surface area contributed by atoms with Crippen molar-refractivity contribution >= 4 is 18.0 Å². The van der Waals surface area contributed by atoms with Gasteiger partial charge in [-0.15, -0.1) is 0 Å². The molecular formula is C27H30N2O5. The Hall–Kier alpha value is -3.35. The lowest BCUT2D eigenvalue weighted by molar-refractivity contribution is -0.146. The quantitative estimate of drug-likeness (QED) is 0.672. The molecule has 2 N–H and O–H groups in total. The number of aliphatic carboxylic acids is 1. The van der Waals surface area contributed by atoms with Gasteiger partial charge in [0, 0.05) is 30.5 Å². The molecule has 2 amide bonds. The van der Waals surface area contributed by atoms with E-state index in [0.717, 1.165) is 19.3 Å². The number of fused-ring (bicyclic) bond motifs is 3. The van der Waals surface area contributed by atoms with Crippen molar-refractivity contribution in [1.82, 2.24) is 10.2 Å². The van der Waals surface area contributed by atoms with E-state index in [0.29, 0.717) is 19.4 Å². The Morgan fingerprint density at radius 1 is 0.971 bits per heavy atom. The molecule has 0 radical (unpaired) electrons. The summed E-state index contributed by atoms with van der Waals surface area (Å²) in [5, 5.41) is 12.0. The number of hydrogen-bond acceptors (Lipinski definition) is 4. The zero-order chi connectivity index (χ0) is 23.7. The lowest BCUT2D eigenvalue weighted by Crippen LogP contribution is -2.54. The van der Waals surface area contributed by atoms with E-state index in [9.17, 15) is 14.4 Å². The van der Waals surface area contributed by atoms with Gasteiger partial charge in [-0.1, -0.05) is 48.5 Å². The Morgan fingerprint density at radius 2 is 1.62 bits per heavy atom. The lowest BCUT2D eigenvalue weighted by atomic mass is 9.78. The first-order chi connectivity index (χ1) is 16.5. The van der Waals surface area contributed by atoms with Gasteiger partial charge >= 0.3 is 12.1 Å². The molecule has 5 rings (SSSR count). The number of nitrogens with one attached hydrogen (secondary N) is 1.